The largest absolute Gasteiger partial charge is 0.497 e. The van der Waals surface area contributed by atoms with Crippen molar-refractivity contribution in [3.63, 3.8) is 0 Å². The molecule has 0 radical (unpaired) electrons. The Morgan fingerprint density at radius 1 is 1.17 bits per heavy atom. The highest BCUT2D eigenvalue weighted by Crippen LogP contribution is 2.26. The van der Waals surface area contributed by atoms with Crippen molar-refractivity contribution in [1.82, 2.24) is 9.78 Å². The Kier molecular flexibility index (Phi) is 4.04. The van der Waals surface area contributed by atoms with Crippen molar-refractivity contribution in [2.24, 2.45) is 0 Å². The van der Waals surface area contributed by atoms with E-state index in [9.17, 15) is 9.90 Å². The van der Waals surface area contributed by atoms with Crippen LogP contribution < -0.4 is 4.74 Å². The molecular weight excluding hydrogens is 316 g/mol. The molecule has 0 aliphatic carbocycles. The number of ether oxygens (including phenoxy) is 1. The third kappa shape index (κ3) is 2.91. The average molecular weight is 329 g/mol. The summed E-state index contributed by atoms with van der Waals surface area (Å²) in [4.78, 5) is 11.5. The first-order valence-electron chi connectivity index (χ1n) is 6.83. The van der Waals surface area contributed by atoms with Crippen molar-refractivity contribution in [2.45, 2.75) is 0 Å². The minimum Gasteiger partial charge on any atom is -0.497 e. The number of aromatic nitrogens is 2. The van der Waals surface area contributed by atoms with E-state index < -0.39 is 5.97 Å². The van der Waals surface area contributed by atoms with E-state index in [-0.39, 0.29) is 5.69 Å². The zero-order chi connectivity index (χ0) is 16.4. The van der Waals surface area contributed by atoms with Crippen molar-refractivity contribution in [3.8, 4) is 22.7 Å². The number of para-hydroxylation sites is 1. The fourth-order valence-corrected chi connectivity index (χ4v) is 2.46. The van der Waals surface area contributed by atoms with Crippen LogP contribution in [0.15, 0.2) is 54.6 Å². The number of hydrogen-bond acceptors (Lipinski definition) is 3. The van der Waals surface area contributed by atoms with Gasteiger partial charge in [0.05, 0.1) is 23.5 Å². The van der Waals surface area contributed by atoms with E-state index in [2.05, 4.69) is 5.10 Å². The zero-order valence-electron chi connectivity index (χ0n) is 12.2. The molecule has 0 unspecified atom stereocenters. The summed E-state index contributed by atoms with van der Waals surface area (Å²) in [5.41, 5.74) is 1.90. The molecule has 1 N–H and O–H groups in total. The normalized spacial score (nSPS) is 10.5. The molecule has 23 heavy (non-hydrogen) atoms. The van der Waals surface area contributed by atoms with Gasteiger partial charge in [0.15, 0.2) is 5.69 Å². The lowest BCUT2D eigenvalue weighted by Gasteiger charge is -2.06. The van der Waals surface area contributed by atoms with E-state index in [0.29, 0.717) is 16.4 Å². The number of methoxy groups -OCH3 is 1. The molecule has 0 fully saturated rings. The fourth-order valence-electron chi connectivity index (χ4n) is 2.24. The molecule has 1 aromatic heterocycles. The Labute approximate surface area is 137 Å². The van der Waals surface area contributed by atoms with Crippen LogP contribution in [0.25, 0.3) is 16.9 Å². The van der Waals surface area contributed by atoms with Gasteiger partial charge in [0.25, 0.3) is 0 Å². The number of benzene rings is 2. The number of nitrogens with zero attached hydrogens (tertiary/aromatic N) is 2. The maximum absolute atomic E-state index is 11.5. The van der Waals surface area contributed by atoms with Crippen LogP contribution in [0.3, 0.4) is 0 Å². The lowest BCUT2D eigenvalue weighted by molar-refractivity contribution is 0.0687. The predicted molar refractivity (Wildman–Crippen MR) is 87.5 cm³/mol. The smallest absolute Gasteiger partial charge is 0.354 e. The van der Waals surface area contributed by atoms with Crippen LogP contribution in [0.5, 0.6) is 5.75 Å². The molecule has 6 heteroatoms. The molecule has 3 rings (SSSR count). The first-order valence-corrected chi connectivity index (χ1v) is 7.20. The highest BCUT2D eigenvalue weighted by atomic mass is 35.5. The van der Waals surface area contributed by atoms with E-state index >= 15 is 0 Å². The summed E-state index contributed by atoms with van der Waals surface area (Å²) in [6.45, 7) is 0. The Hall–Kier alpha value is -2.79. The molecule has 0 atom stereocenters. The molecule has 2 aromatic carbocycles. The van der Waals surface area contributed by atoms with Crippen molar-refractivity contribution in [1.29, 1.82) is 0 Å². The first-order chi connectivity index (χ1) is 11.1. The predicted octanol–water partition coefficient (Wildman–Crippen LogP) is 3.90. The average Bonchev–Trinajstić information content (AvgIpc) is 3.01. The summed E-state index contributed by atoms with van der Waals surface area (Å²) < 4.78 is 6.46. The molecule has 0 spiro atoms. The molecule has 0 aliphatic heterocycles. The second kappa shape index (κ2) is 6.14. The van der Waals surface area contributed by atoms with E-state index in [1.165, 1.54) is 10.7 Å². The van der Waals surface area contributed by atoms with Crippen molar-refractivity contribution in [2.75, 3.05) is 7.11 Å². The quantitative estimate of drug-likeness (QED) is 0.789. The number of carbonyl (C=O) groups is 1. The second-order valence-corrected chi connectivity index (χ2v) is 5.22. The van der Waals surface area contributed by atoms with Gasteiger partial charge in [0, 0.05) is 5.56 Å². The van der Waals surface area contributed by atoms with E-state index in [0.717, 1.165) is 11.3 Å². The van der Waals surface area contributed by atoms with Crippen LogP contribution in [0.1, 0.15) is 10.5 Å². The van der Waals surface area contributed by atoms with Crippen molar-refractivity contribution < 1.29 is 14.6 Å². The SMILES string of the molecule is COc1ccc(-c2cc(C(=O)O)n(-c3ccccc3Cl)n2)cc1. The maximum atomic E-state index is 11.5. The zero-order valence-corrected chi connectivity index (χ0v) is 13.0. The number of carboxylic acid groups (broad SMARTS) is 1. The Morgan fingerprint density at radius 2 is 1.87 bits per heavy atom. The van der Waals surface area contributed by atoms with Crippen LogP contribution in [0.2, 0.25) is 5.02 Å². The van der Waals surface area contributed by atoms with Crippen LogP contribution >= 0.6 is 11.6 Å². The van der Waals surface area contributed by atoms with E-state index in [1.54, 1.807) is 43.5 Å². The summed E-state index contributed by atoms with van der Waals surface area (Å²) in [5, 5.41) is 14.3. The molecule has 0 amide bonds. The number of halogens is 1. The summed E-state index contributed by atoms with van der Waals surface area (Å²) >= 11 is 6.16. The van der Waals surface area contributed by atoms with Gasteiger partial charge < -0.3 is 9.84 Å². The standard InChI is InChI=1S/C17H13ClN2O3/c1-23-12-8-6-11(7-9-12)14-10-16(17(21)22)20(19-14)15-5-3-2-4-13(15)18/h2-10H,1H3,(H,21,22). The fraction of sp³-hybridized carbons (Fsp3) is 0.0588. The van der Waals surface area contributed by atoms with Gasteiger partial charge in [0.1, 0.15) is 5.75 Å². The summed E-state index contributed by atoms with van der Waals surface area (Å²) in [5.74, 6) is -0.352. The van der Waals surface area contributed by atoms with Crippen LogP contribution in [-0.2, 0) is 0 Å². The Morgan fingerprint density at radius 3 is 2.48 bits per heavy atom. The molecule has 0 saturated heterocycles. The van der Waals surface area contributed by atoms with Gasteiger partial charge >= 0.3 is 5.97 Å². The highest BCUT2D eigenvalue weighted by Gasteiger charge is 2.18. The van der Waals surface area contributed by atoms with Gasteiger partial charge in [-0.2, -0.15) is 5.10 Å². The monoisotopic (exact) mass is 328 g/mol. The minimum absolute atomic E-state index is 0.0453. The van der Waals surface area contributed by atoms with E-state index in [1.807, 2.05) is 12.1 Å². The minimum atomic E-state index is -1.07. The number of carboxylic acids is 1. The van der Waals surface area contributed by atoms with Crippen LogP contribution in [0, 0.1) is 0 Å². The van der Waals surface area contributed by atoms with Crippen molar-refractivity contribution >= 4 is 17.6 Å². The van der Waals surface area contributed by atoms with Gasteiger partial charge in [-0.1, -0.05) is 23.7 Å². The topological polar surface area (TPSA) is 64.3 Å². The third-order valence-electron chi connectivity index (χ3n) is 3.39. The molecule has 0 aliphatic rings. The molecule has 3 aromatic rings. The van der Waals surface area contributed by atoms with Crippen LogP contribution in [0.4, 0.5) is 0 Å². The van der Waals surface area contributed by atoms with Gasteiger partial charge in [-0.15, -0.1) is 0 Å². The lowest BCUT2D eigenvalue weighted by atomic mass is 10.1. The summed E-state index contributed by atoms with van der Waals surface area (Å²) in [6.07, 6.45) is 0. The van der Waals surface area contributed by atoms with Gasteiger partial charge in [-0.3, -0.25) is 0 Å². The van der Waals surface area contributed by atoms with E-state index in [4.69, 9.17) is 16.3 Å². The molecular formula is C17H13ClN2O3. The van der Waals surface area contributed by atoms with Gasteiger partial charge in [0.2, 0.25) is 0 Å². The number of aromatic carboxylic acids is 1. The molecule has 5 nitrogen and oxygen atoms in total. The summed E-state index contributed by atoms with van der Waals surface area (Å²) in [7, 11) is 1.59. The van der Waals surface area contributed by atoms with Gasteiger partial charge in [-0.25, -0.2) is 9.48 Å². The highest BCUT2D eigenvalue weighted by molar-refractivity contribution is 6.32. The second-order valence-electron chi connectivity index (χ2n) is 4.81. The molecule has 0 bridgehead atoms. The number of hydrogen-bond donors (Lipinski definition) is 1. The maximum Gasteiger partial charge on any atom is 0.354 e. The third-order valence-corrected chi connectivity index (χ3v) is 3.71. The lowest BCUT2D eigenvalue weighted by Crippen LogP contribution is -2.08. The first kappa shape index (κ1) is 15.1. The molecule has 0 saturated carbocycles. The summed E-state index contributed by atoms with van der Waals surface area (Å²) in [6, 6.07) is 15.7. The van der Waals surface area contributed by atoms with Crippen LogP contribution in [-0.4, -0.2) is 28.0 Å². The van der Waals surface area contributed by atoms with Crippen molar-refractivity contribution in [3.05, 3.63) is 65.3 Å². The molecule has 116 valence electrons. The van der Waals surface area contributed by atoms with Gasteiger partial charge in [-0.05, 0) is 42.5 Å². The Balaban J connectivity index is 2.12. The number of rotatable bonds is 4. The Bertz CT molecular complexity index is 857. The molecule has 1 heterocycles.